The fourth-order valence-corrected chi connectivity index (χ4v) is 4.92. The smallest absolute Gasteiger partial charge is 0.268 e. The maximum Gasteiger partial charge on any atom is 0.268 e. The number of aryl methyl sites for hydroxylation is 2. The number of aromatic nitrogens is 3. The van der Waals surface area contributed by atoms with E-state index in [9.17, 15) is 12.8 Å². The van der Waals surface area contributed by atoms with Crippen LogP contribution in [0.1, 0.15) is 23.9 Å². The summed E-state index contributed by atoms with van der Waals surface area (Å²) >= 11 is 0. The fraction of sp³-hybridized carbons (Fsp3) is 0.182. The van der Waals surface area contributed by atoms with Gasteiger partial charge in [0.15, 0.2) is 5.65 Å². The van der Waals surface area contributed by atoms with E-state index in [1.807, 2.05) is 19.1 Å². The molecule has 0 spiro atoms. The normalized spacial score (nSPS) is 11.7. The summed E-state index contributed by atoms with van der Waals surface area (Å²) in [7, 11) is -4.01. The second-order valence-corrected chi connectivity index (χ2v) is 8.81. The molecule has 2 aromatic carbocycles. The third kappa shape index (κ3) is 3.66. The molecule has 30 heavy (non-hydrogen) atoms. The second kappa shape index (κ2) is 7.87. The van der Waals surface area contributed by atoms with E-state index in [1.165, 1.54) is 22.5 Å². The van der Waals surface area contributed by atoms with Crippen LogP contribution in [-0.4, -0.2) is 23.0 Å². The molecule has 8 heteroatoms. The van der Waals surface area contributed by atoms with Crippen molar-refractivity contribution in [3.63, 3.8) is 0 Å². The van der Waals surface area contributed by atoms with Crippen molar-refractivity contribution in [2.75, 3.05) is 4.31 Å². The number of pyridine rings is 1. The Kier molecular flexibility index (Phi) is 5.26. The highest BCUT2D eigenvalue weighted by molar-refractivity contribution is 7.93. The van der Waals surface area contributed by atoms with Gasteiger partial charge in [-0.1, -0.05) is 31.2 Å². The topological polar surface area (TPSA) is 67.6 Å². The van der Waals surface area contributed by atoms with Crippen LogP contribution in [-0.2, 0) is 23.0 Å². The van der Waals surface area contributed by atoms with Gasteiger partial charge in [0.25, 0.3) is 10.0 Å². The van der Waals surface area contributed by atoms with Crippen LogP contribution < -0.4 is 4.31 Å². The lowest BCUT2D eigenvalue weighted by Gasteiger charge is -2.25. The molecule has 0 unspecified atom stereocenters. The van der Waals surface area contributed by atoms with Crippen molar-refractivity contribution in [1.82, 2.24) is 14.6 Å². The summed E-state index contributed by atoms with van der Waals surface area (Å²) in [6, 6.07) is 16.4. The largest absolute Gasteiger partial charge is 0.286 e. The first-order valence-electron chi connectivity index (χ1n) is 9.56. The average Bonchev–Trinajstić information content (AvgIpc) is 3.13. The van der Waals surface area contributed by atoms with Crippen LogP contribution in [0.25, 0.3) is 5.65 Å². The summed E-state index contributed by atoms with van der Waals surface area (Å²) in [4.78, 5) is 0.0431. The van der Waals surface area contributed by atoms with Crippen molar-refractivity contribution in [3.05, 3.63) is 89.6 Å². The van der Waals surface area contributed by atoms with Gasteiger partial charge in [-0.2, -0.15) is 0 Å². The van der Waals surface area contributed by atoms with E-state index in [-0.39, 0.29) is 17.1 Å². The predicted octanol–water partition coefficient (Wildman–Crippen LogP) is 4.13. The predicted molar refractivity (Wildman–Crippen MR) is 113 cm³/mol. The van der Waals surface area contributed by atoms with Crippen LogP contribution in [0.4, 0.5) is 10.1 Å². The molecule has 2 aromatic heterocycles. The number of fused-ring (bicyclic) bond motifs is 1. The molecule has 0 aliphatic rings. The van der Waals surface area contributed by atoms with E-state index >= 15 is 0 Å². The highest BCUT2D eigenvalue weighted by atomic mass is 32.2. The molecule has 0 aliphatic heterocycles. The van der Waals surface area contributed by atoms with E-state index in [0.717, 1.165) is 12.0 Å². The monoisotopic (exact) mass is 424 g/mol. The van der Waals surface area contributed by atoms with E-state index in [0.29, 0.717) is 17.1 Å². The van der Waals surface area contributed by atoms with Gasteiger partial charge >= 0.3 is 0 Å². The molecule has 2 heterocycles. The minimum atomic E-state index is -4.01. The molecule has 0 radical (unpaired) electrons. The van der Waals surface area contributed by atoms with Gasteiger partial charge in [-0.3, -0.25) is 8.71 Å². The van der Waals surface area contributed by atoms with Gasteiger partial charge < -0.3 is 0 Å². The Morgan fingerprint density at radius 3 is 2.47 bits per heavy atom. The molecule has 0 saturated carbocycles. The Morgan fingerprint density at radius 1 is 1.00 bits per heavy atom. The number of nitrogens with zero attached hydrogens (tertiary/aromatic N) is 4. The average molecular weight is 425 g/mol. The van der Waals surface area contributed by atoms with Crippen LogP contribution in [0, 0.1) is 12.7 Å². The van der Waals surface area contributed by atoms with Gasteiger partial charge in [0.1, 0.15) is 16.5 Å². The van der Waals surface area contributed by atoms with Gasteiger partial charge in [-0.05, 0) is 60.9 Å². The van der Waals surface area contributed by atoms with Crippen molar-refractivity contribution in [1.29, 1.82) is 0 Å². The summed E-state index contributed by atoms with van der Waals surface area (Å²) in [5.41, 5.74) is 2.39. The molecule has 0 atom stereocenters. The zero-order chi connectivity index (χ0) is 21.3. The van der Waals surface area contributed by atoms with Gasteiger partial charge in [-0.15, -0.1) is 10.2 Å². The first kappa shape index (κ1) is 20.0. The number of benzene rings is 2. The lowest BCUT2D eigenvalue weighted by Crippen LogP contribution is -2.31. The molecule has 0 fully saturated rings. The Hall–Kier alpha value is -3.26. The second-order valence-electron chi connectivity index (χ2n) is 6.97. The van der Waals surface area contributed by atoms with E-state index in [1.54, 1.807) is 47.9 Å². The minimum Gasteiger partial charge on any atom is -0.286 e. The number of sulfonamides is 1. The van der Waals surface area contributed by atoms with Gasteiger partial charge in [0, 0.05) is 6.20 Å². The fourth-order valence-electron chi connectivity index (χ4n) is 3.34. The summed E-state index contributed by atoms with van der Waals surface area (Å²) in [5.74, 6) is 0.174. The van der Waals surface area contributed by atoms with Crippen molar-refractivity contribution >= 4 is 21.4 Å². The Balaban J connectivity index is 1.86. The highest BCUT2D eigenvalue weighted by Crippen LogP contribution is 2.28. The van der Waals surface area contributed by atoms with Crippen molar-refractivity contribution < 1.29 is 12.8 Å². The molecule has 6 nitrogen and oxygen atoms in total. The van der Waals surface area contributed by atoms with Crippen LogP contribution in [0.5, 0.6) is 0 Å². The van der Waals surface area contributed by atoms with Crippen LogP contribution >= 0.6 is 0 Å². The lowest BCUT2D eigenvalue weighted by atomic mass is 10.1. The maximum atomic E-state index is 13.8. The first-order chi connectivity index (χ1) is 14.4. The third-order valence-corrected chi connectivity index (χ3v) is 6.78. The summed E-state index contributed by atoms with van der Waals surface area (Å²) in [6.07, 6.45) is 2.56. The standard InChI is InChI=1S/C22H21FN4O2S/c1-3-17-9-11-20(12-10-17)27(15-18-6-4-7-19(23)14-18)30(28,29)21-8-5-13-26-16(2)24-25-22(21)26/h4-14H,3,15H2,1-2H3. The highest BCUT2D eigenvalue weighted by Gasteiger charge is 2.29. The Bertz CT molecular complexity index is 1300. The maximum absolute atomic E-state index is 13.8. The summed E-state index contributed by atoms with van der Waals surface area (Å²) < 4.78 is 44.2. The molecular weight excluding hydrogens is 403 g/mol. The van der Waals surface area contributed by atoms with Gasteiger partial charge in [-0.25, -0.2) is 12.8 Å². The number of halogens is 1. The molecule has 4 rings (SSSR count). The van der Waals surface area contributed by atoms with Crippen LogP contribution in [0.15, 0.2) is 71.8 Å². The van der Waals surface area contributed by atoms with E-state index in [2.05, 4.69) is 10.2 Å². The van der Waals surface area contributed by atoms with Crippen LogP contribution in [0.2, 0.25) is 0 Å². The molecule has 0 N–H and O–H groups in total. The molecule has 0 aliphatic carbocycles. The van der Waals surface area contributed by atoms with Crippen molar-refractivity contribution in [2.45, 2.75) is 31.7 Å². The van der Waals surface area contributed by atoms with Crippen molar-refractivity contribution in [2.24, 2.45) is 0 Å². The van der Waals surface area contributed by atoms with E-state index < -0.39 is 15.8 Å². The SMILES string of the molecule is CCc1ccc(N(Cc2cccc(F)c2)S(=O)(=O)c2cccn3c(C)nnc23)cc1. The molecule has 0 amide bonds. The Labute approximate surface area is 174 Å². The zero-order valence-electron chi connectivity index (χ0n) is 16.7. The lowest BCUT2D eigenvalue weighted by molar-refractivity contribution is 0.590. The summed E-state index contributed by atoms with van der Waals surface area (Å²) in [5, 5.41) is 8.06. The first-order valence-corrected chi connectivity index (χ1v) is 11.0. The number of rotatable bonds is 6. The van der Waals surface area contributed by atoms with Gasteiger partial charge in [0.05, 0.1) is 12.2 Å². The number of hydrogen-bond acceptors (Lipinski definition) is 4. The summed E-state index contributed by atoms with van der Waals surface area (Å²) in [6.45, 7) is 3.77. The minimum absolute atomic E-state index is 0.0141. The zero-order valence-corrected chi connectivity index (χ0v) is 17.5. The van der Waals surface area contributed by atoms with Crippen molar-refractivity contribution in [3.8, 4) is 0 Å². The molecule has 0 saturated heterocycles. The third-order valence-electron chi connectivity index (χ3n) is 4.99. The van der Waals surface area contributed by atoms with E-state index in [4.69, 9.17) is 0 Å². The number of anilines is 1. The Morgan fingerprint density at radius 2 is 1.77 bits per heavy atom. The van der Waals surface area contributed by atoms with Crippen LogP contribution in [0.3, 0.4) is 0 Å². The molecule has 154 valence electrons. The molecule has 0 bridgehead atoms. The quantitative estimate of drug-likeness (QED) is 0.467. The molecular formula is C22H21FN4O2S. The van der Waals surface area contributed by atoms with Gasteiger partial charge in [0.2, 0.25) is 0 Å². The molecule has 4 aromatic rings. The number of hydrogen-bond donors (Lipinski definition) is 0.